The first-order valence-corrected chi connectivity index (χ1v) is 13.5. The first-order chi connectivity index (χ1) is 17.3. The second-order valence-electron chi connectivity index (χ2n) is 7.65. The number of halogens is 4. The zero-order chi connectivity index (χ0) is 25.8. The maximum Gasteiger partial charge on any atom is 0.293 e. The molecular formula is C26H19BrCl3NO4S. The summed E-state index contributed by atoms with van der Waals surface area (Å²) in [7, 11) is 0. The van der Waals surface area contributed by atoms with Crippen molar-refractivity contribution in [1.82, 2.24) is 4.90 Å². The summed E-state index contributed by atoms with van der Waals surface area (Å²) in [6, 6.07) is 15.9. The Labute approximate surface area is 236 Å². The SMILES string of the molecule is CCOc1cc(/C=C2/SC(=O)N(Cc3ccc(Cl)cc3Cl)C2=O)cc(Br)c1OCc1ccccc1Cl. The lowest BCUT2D eigenvalue weighted by molar-refractivity contribution is -0.123. The molecule has 0 saturated carbocycles. The lowest BCUT2D eigenvalue weighted by Gasteiger charge is -2.15. The number of hydrogen-bond donors (Lipinski definition) is 0. The Balaban J connectivity index is 1.56. The fourth-order valence-electron chi connectivity index (χ4n) is 3.45. The van der Waals surface area contributed by atoms with E-state index in [1.807, 2.05) is 25.1 Å². The summed E-state index contributed by atoms with van der Waals surface area (Å²) < 4.78 is 12.5. The van der Waals surface area contributed by atoms with E-state index in [1.165, 1.54) is 0 Å². The van der Waals surface area contributed by atoms with Crippen LogP contribution in [0.3, 0.4) is 0 Å². The summed E-state index contributed by atoms with van der Waals surface area (Å²) in [4.78, 5) is 27.1. The highest BCUT2D eigenvalue weighted by atomic mass is 79.9. The normalized spacial score (nSPS) is 14.6. The van der Waals surface area contributed by atoms with Crippen LogP contribution in [0, 0.1) is 0 Å². The number of hydrogen-bond acceptors (Lipinski definition) is 5. The number of carbonyl (C=O) groups is 2. The highest BCUT2D eigenvalue weighted by molar-refractivity contribution is 9.10. The van der Waals surface area contributed by atoms with E-state index in [-0.39, 0.29) is 18.4 Å². The summed E-state index contributed by atoms with van der Waals surface area (Å²) in [5.74, 6) is 0.612. The van der Waals surface area contributed by atoms with Gasteiger partial charge in [0.25, 0.3) is 11.1 Å². The molecule has 3 aromatic carbocycles. The van der Waals surface area contributed by atoms with Crippen molar-refractivity contribution in [2.75, 3.05) is 6.61 Å². The Bertz CT molecular complexity index is 1370. The number of imide groups is 1. The van der Waals surface area contributed by atoms with E-state index >= 15 is 0 Å². The van der Waals surface area contributed by atoms with Crippen LogP contribution in [-0.4, -0.2) is 22.7 Å². The third-order valence-corrected chi connectivity index (χ3v) is 7.63. The van der Waals surface area contributed by atoms with E-state index in [4.69, 9.17) is 44.3 Å². The second-order valence-corrected chi connectivity index (χ2v) is 10.7. The van der Waals surface area contributed by atoms with Crippen molar-refractivity contribution in [1.29, 1.82) is 0 Å². The van der Waals surface area contributed by atoms with Gasteiger partial charge in [-0.3, -0.25) is 14.5 Å². The zero-order valence-corrected chi connectivity index (χ0v) is 23.6. The van der Waals surface area contributed by atoms with E-state index in [9.17, 15) is 9.59 Å². The van der Waals surface area contributed by atoms with Gasteiger partial charge >= 0.3 is 0 Å². The number of thioether (sulfide) groups is 1. The molecule has 0 spiro atoms. The van der Waals surface area contributed by atoms with E-state index in [1.54, 1.807) is 42.5 Å². The van der Waals surface area contributed by atoms with Crippen molar-refractivity contribution >= 4 is 79.7 Å². The standard InChI is InChI=1S/C26H19BrCl3NO4S/c1-2-34-22-10-15(9-19(27)24(22)35-14-17-5-3-4-6-20(17)29)11-23-25(32)31(26(33)36-23)13-16-7-8-18(28)12-21(16)30/h3-12H,2,13-14H2,1H3/b23-11+. The van der Waals surface area contributed by atoms with Gasteiger partial charge in [-0.1, -0.05) is 59.1 Å². The van der Waals surface area contributed by atoms with Gasteiger partial charge in [0.05, 0.1) is 22.5 Å². The van der Waals surface area contributed by atoms with Crippen molar-refractivity contribution in [3.05, 3.63) is 95.7 Å². The van der Waals surface area contributed by atoms with Crippen LogP contribution in [0.2, 0.25) is 15.1 Å². The molecule has 0 unspecified atom stereocenters. The van der Waals surface area contributed by atoms with Crippen molar-refractivity contribution in [2.24, 2.45) is 0 Å². The lowest BCUT2D eigenvalue weighted by atomic mass is 10.1. The fraction of sp³-hybridized carbons (Fsp3) is 0.154. The van der Waals surface area contributed by atoms with Gasteiger partial charge in [-0.25, -0.2) is 0 Å². The van der Waals surface area contributed by atoms with E-state index in [0.29, 0.717) is 53.7 Å². The number of benzene rings is 3. The molecule has 0 aromatic heterocycles. The van der Waals surface area contributed by atoms with Gasteiger partial charge in [0.2, 0.25) is 0 Å². The van der Waals surface area contributed by atoms with Crippen LogP contribution in [0.5, 0.6) is 11.5 Å². The second kappa shape index (κ2) is 11.9. The molecule has 2 amide bonds. The summed E-state index contributed by atoms with van der Waals surface area (Å²) in [6.07, 6.45) is 1.65. The number of carbonyl (C=O) groups excluding carboxylic acids is 2. The van der Waals surface area contributed by atoms with Crippen molar-refractivity contribution in [2.45, 2.75) is 20.1 Å². The summed E-state index contributed by atoms with van der Waals surface area (Å²) in [6.45, 7) is 2.59. The van der Waals surface area contributed by atoms with E-state index in [2.05, 4.69) is 15.9 Å². The minimum absolute atomic E-state index is 0.0563. The molecule has 3 aromatic rings. The Morgan fingerprint density at radius 1 is 0.972 bits per heavy atom. The number of amides is 2. The topological polar surface area (TPSA) is 55.8 Å². The number of nitrogens with zero attached hydrogens (tertiary/aromatic N) is 1. The minimum atomic E-state index is -0.399. The molecule has 4 rings (SSSR count). The Hall–Kier alpha value is -2.16. The van der Waals surface area contributed by atoms with Crippen molar-refractivity contribution in [3.63, 3.8) is 0 Å². The molecule has 0 N–H and O–H groups in total. The molecule has 5 nitrogen and oxygen atoms in total. The van der Waals surface area contributed by atoms with E-state index in [0.717, 1.165) is 22.2 Å². The largest absolute Gasteiger partial charge is 0.490 e. The molecule has 0 radical (unpaired) electrons. The summed E-state index contributed by atoms with van der Waals surface area (Å²) in [5, 5.41) is 1.11. The average molecular weight is 628 g/mol. The van der Waals surface area contributed by atoms with Crippen molar-refractivity contribution in [3.8, 4) is 11.5 Å². The van der Waals surface area contributed by atoms with E-state index < -0.39 is 5.91 Å². The Morgan fingerprint density at radius 3 is 2.47 bits per heavy atom. The molecule has 0 atom stereocenters. The van der Waals surface area contributed by atoms with Crippen molar-refractivity contribution < 1.29 is 19.1 Å². The lowest BCUT2D eigenvalue weighted by Crippen LogP contribution is -2.27. The van der Waals surface area contributed by atoms with Gasteiger partial charge in [0.15, 0.2) is 11.5 Å². The fourth-order valence-corrected chi connectivity index (χ4v) is 5.52. The highest BCUT2D eigenvalue weighted by Crippen LogP contribution is 2.40. The van der Waals surface area contributed by atoms with Gasteiger partial charge in [-0.05, 0) is 82.2 Å². The maximum atomic E-state index is 13.0. The van der Waals surface area contributed by atoms with Crippen LogP contribution in [0.15, 0.2) is 64.0 Å². The molecule has 0 aliphatic carbocycles. The minimum Gasteiger partial charge on any atom is -0.490 e. The maximum absolute atomic E-state index is 13.0. The average Bonchev–Trinajstić information content (AvgIpc) is 3.08. The molecule has 1 aliphatic heterocycles. The molecule has 1 fully saturated rings. The van der Waals surface area contributed by atoms with Crippen LogP contribution in [0.1, 0.15) is 23.6 Å². The molecule has 10 heteroatoms. The smallest absolute Gasteiger partial charge is 0.293 e. The molecule has 1 saturated heterocycles. The van der Waals surface area contributed by atoms with Gasteiger partial charge < -0.3 is 9.47 Å². The first-order valence-electron chi connectivity index (χ1n) is 10.8. The van der Waals surface area contributed by atoms with Gasteiger partial charge in [0, 0.05) is 20.6 Å². The molecular weight excluding hydrogens is 609 g/mol. The van der Waals surface area contributed by atoms with Gasteiger partial charge in [-0.2, -0.15) is 0 Å². The van der Waals surface area contributed by atoms with Crippen LogP contribution < -0.4 is 9.47 Å². The zero-order valence-electron chi connectivity index (χ0n) is 18.9. The quantitative estimate of drug-likeness (QED) is 0.234. The third-order valence-electron chi connectivity index (χ3n) is 5.18. The number of ether oxygens (including phenoxy) is 2. The Kier molecular flexibility index (Phi) is 8.91. The van der Waals surface area contributed by atoms with Gasteiger partial charge in [0.1, 0.15) is 6.61 Å². The van der Waals surface area contributed by atoms with Crippen LogP contribution in [0.4, 0.5) is 4.79 Å². The van der Waals surface area contributed by atoms with Crippen LogP contribution in [-0.2, 0) is 17.9 Å². The Morgan fingerprint density at radius 2 is 1.75 bits per heavy atom. The molecule has 0 bridgehead atoms. The molecule has 1 heterocycles. The first kappa shape index (κ1) is 26.9. The summed E-state index contributed by atoms with van der Waals surface area (Å²) in [5.41, 5.74) is 2.14. The molecule has 186 valence electrons. The van der Waals surface area contributed by atoms with Crippen LogP contribution >= 0.6 is 62.5 Å². The van der Waals surface area contributed by atoms with Crippen LogP contribution in [0.25, 0.3) is 6.08 Å². The highest BCUT2D eigenvalue weighted by Gasteiger charge is 2.35. The summed E-state index contributed by atoms with van der Waals surface area (Å²) >= 11 is 22.8. The molecule has 36 heavy (non-hydrogen) atoms. The molecule has 1 aliphatic rings. The predicted molar refractivity (Wildman–Crippen MR) is 149 cm³/mol. The third kappa shape index (κ3) is 6.21. The monoisotopic (exact) mass is 625 g/mol. The predicted octanol–water partition coefficient (Wildman–Crippen LogP) is 8.62. The number of rotatable bonds is 8. The van der Waals surface area contributed by atoms with Gasteiger partial charge in [-0.15, -0.1) is 0 Å².